The van der Waals surface area contributed by atoms with E-state index in [1.54, 1.807) is 11.1 Å². The van der Waals surface area contributed by atoms with Gasteiger partial charge in [0.15, 0.2) is 0 Å². The molecular weight excluding hydrogens is 815 g/mol. The van der Waals surface area contributed by atoms with Gasteiger partial charge in [-0.15, -0.1) is 0 Å². The maximum atomic E-state index is 7.50. The fourth-order valence-electron chi connectivity index (χ4n) is 8.20. The first-order chi connectivity index (χ1) is 26.2. The van der Waals surface area contributed by atoms with Gasteiger partial charge in [-0.1, -0.05) is 0 Å². The van der Waals surface area contributed by atoms with Gasteiger partial charge in [0.1, 0.15) is 0 Å². The molecule has 7 heterocycles. The second-order valence-corrected chi connectivity index (χ2v) is 15.0. The van der Waals surface area contributed by atoms with Crippen LogP contribution in [0.15, 0.2) is 33.5 Å². The number of H-pyrrole nitrogens is 1. The molecule has 13 heteroatoms. The Morgan fingerprint density at radius 1 is 0.719 bits per heavy atom. The Labute approximate surface area is 370 Å². The van der Waals surface area contributed by atoms with E-state index in [9.17, 15) is 0 Å². The van der Waals surface area contributed by atoms with E-state index in [1.165, 1.54) is 66.7 Å². The number of aromatic amines is 1. The molecule has 4 aliphatic rings. The van der Waals surface area contributed by atoms with Crippen molar-refractivity contribution in [2.24, 2.45) is 4.99 Å². The number of fused-ring (bicyclic) bond motifs is 3. The van der Waals surface area contributed by atoms with Crippen molar-refractivity contribution in [2.45, 2.75) is 132 Å². The van der Waals surface area contributed by atoms with Crippen LogP contribution >= 0.6 is 0 Å². The zero-order valence-electron chi connectivity index (χ0n) is 34.9. The fraction of sp³-hybridized carbons (Fsp3) is 0.477. The number of rotatable bonds is 8. The average Bonchev–Trinajstić information content (AvgIpc) is 3.47. The van der Waals surface area contributed by atoms with Crippen molar-refractivity contribution in [3.8, 4) is 0 Å². The van der Waals surface area contributed by atoms with Crippen LogP contribution in [0.5, 0.6) is 0 Å². The summed E-state index contributed by atoms with van der Waals surface area (Å²) in [7, 11) is 0. The molecule has 1 atom stereocenters. The molecule has 307 valence electrons. The van der Waals surface area contributed by atoms with Crippen LogP contribution in [0.3, 0.4) is 0 Å². The van der Waals surface area contributed by atoms with E-state index in [0.29, 0.717) is 6.04 Å². The SMILES string of the molecule is CC1(C)CO1.CCC1=C(CC)C2=NC1=Cc1c(CC)c(CC)c3cc4[n]([Al+][n]13)[C@@H](/C=c1\[nH]c(c(CC)c1CC)=C2)C(CC)=C4CC.[C-]#[O+].[C-]#[O+].[C-]#[O+].[C-]#[O+].[Co].[SH-].[SH-]. The van der Waals surface area contributed by atoms with Gasteiger partial charge >= 0.3 is 298 Å². The minimum Gasteiger partial charge on any atom is -0.813 e. The Morgan fingerprint density at radius 3 is 1.65 bits per heavy atom. The van der Waals surface area contributed by atoms with Gasteiger partial charge in [-0.2, -0.15) is 0 Å². The molecule has 0 aliphatic carbocycles. The third-order valence-corrected chi connectivity index (χ3v) is 12.2. The summed E-state index contributed by atoms with van der Waals surface area (Å²) in [6, 6.07) is 2.85. The first-order valence-electron chi connectivity index (χ1n) is 18.9. The summed E-state index contributed by atoms with van der Waals surface area (Å²) in [5.41, 5.74) is 18.9. The molecule has 1 saturated heterocycles. The number of aromatic nitrogens is 3. The van der Waals surface area contributed by atoms with Crippen LogP contribution in [-0.2, 0) is 92.8 Å². The van der Waals surface area contributed by atoms with Crippen molar-refractivity contribution < 1.29 is 40.1 Å². The Hall–Kier alpha value is -2.61. The van der Waals surface area contributed by atoms with Crippen molar-refractivity contribution >= 4 is 77.2 Å². The van der Waals surface area contributed by atoms with E-state index in [1.807, 2.05) is 0 Å². The van der Waals surface area contributed by atoms with Crippen molar-refractivity contribution in [3.63, 3.8) is 0 Å². The van der Waals surface area contributed by atoms with E-state index in [-0.39, 0.29) is 64.6 Å². The van der Waals surface area contributed by atoms with Gasteiger partial charge in [-0.05, 0) is 13.8 Å². The van der Waals surface area contributed by atoms with Crippen LogP contribution in [0.4, 0.5) is 0 Å². The molecule has 6 bridgehead atoms. The molecule has 0 unspecified atom stereocenters. The molecule has 3 aromatic heterocycles. The molecule has 0 aromatic carbocycles. The first-order valence-corrected chi connectivity index (χ1v) is 20.0. The van der Waals surface area contributed by atoms with Gasteiger partial charge < -0.3 is 31.7 Å². The zero-order chi connectivity index (χ0) is 40.9. The predicted octanol–water partition coefficient (Wildman–Crippen LogP) is 7.36. The Balaban J connectivity index is 0. The van der Waals surface area contributed by atoms with E-state index in [0.717, 1.165) is 63.7 Å². The van der Waals surface area contributed by atoms with E-state index in [2.05, 4.69) is 132 Å². The van der Waals surface area contributed by atoms with Crippen LogP contribution in [0, 0.1) is 26.6 Å². The van der Waals surface area contributed by atoms with Crippen LogP contribution < -0.4 is 10.7 Å². The molecule has 1 N–H and O–H groups in total. The van der Waals surface area contributed by atoms with Crippen LogP contribution in [0.25, 0.3) is 29.3 Å². The van der Waals surface area contributed by atoms with E-state index in [4.69, 9.17) is 28.3 Å². The Bertz CT molecular complexity index is 2160. The number of hydrogen-bond donors (Lipinski definition) is 1. The summed E-state index contributed by atoms with van der Waals surface area (Å²) in [6.45, 7) is 41.7. The monoisotopic (exact) mass is 870 g/mol. The summed E-state index contributed by atoms with van der Waals surface area (Å²) < 4.78 is 40.4. The zero-order valence-corrected chi connectivity index (χ0v) is 38.9. The number of allylic oxidation sites excluding steroid dienone is 4. The summed E-state index contributed by atoms with van der Waals surface area (Å²) in [5, 5.41) is 2.56. The van der Waals surface area contributed by atoms with E-state index >= 15 is 0 Å². The molecular formula is C44H56AlCoN4O5S2-. The second kappa shape index (κ2) is 26.5. The third-order valence-electron chi connectivity index (χ3n) is 10.6. The minimum atomic E-state index is -0.143. The van der Waals surface area contributed by atoms with Gasteiger partial charge in [0, 0.05) is 16.8 Å². The maximum Gasteiger partial charge on any atom is 0 e. The Kier molecular flexibility index (Phi) is 26.2. The van der Waals surface area contributed by atoms with Gasteiger partial charge in [-0.25, -0.2) is 0 Å². The normalized spacial score (nSPS) is 16.1. The Morgan fingerprint density at radius 2 is 1.21 bits per heavy atom. The predicted molar refractivity (Wildman–Crippen MR) is 230 cm³/mol. The molecule has 7 rings (SSSR count). The number of aryl methyl sites for hydroxylation is 1. The summed E-state index contributed by atoms with van der Waals surface area (Å²) in [5.74, 6) is 0. The first kappa shape index (κ1) is 56.5. The third kappa shape index (κ3) is 11.6. The van der Waals surface area contributed by atoms with Crippen molar-refractivity contribution in [1.29, 1.82) is 0 Å². The molecule has 9 nitrogen and oxygen atoms in total. The number of epoxide rings is 1. The average molecular weight is 871 g/mol. The number of ether oxygens (including phenoxy) is 1. The van der Waals surface area contributed by atoms with Crippen molar-refractivity contribution in [3.05, 3.63) is 99.4 Å². The van der Waals surface area contributed by atoms with Crippen LogP contribution in [-0.4, -0.2) is 45.0 Å². The molecule has 4 aliphatic heterocycles. The quantitative estimate of drug-likeness (QED) is 0.0635. The molecule has 0 spiro atoms. The van der Waals surface area contributed by atoms with Crippen molar-refractivity contribution in [1.82, 2.24) is 11.9 Å². The standard InChI is InChI=1S/C36H46N4.C4H8O.4CO.Al.Co.2H2S/c1-9-21-22(10-2)30-18-32-25(13-5)26(14-6)34(39-32)20-36-28(16-8)27(15-7)35(40-36)19-33-24(12-4)23(11-3)31(38-33)17-29(21)37-30;1-4(2)3-5-4;4*1-2;;;;/h17-20,29,38H,9-16H2,1-8H3;3H2,1-2H3;;;;;;;2*1H2/q-2;;;;;;+3;;;/p-2/b30-18?,31-17-,33-19?,36-20?;;;;;;;;;/t29-;;;;;;;;;/m0........./s1. The summed E-state index contributed by atoms with van der Waals surface area (Å²) >= 11 is -0.143. The van der Waals surface area contributed by atoms with Crippen LogP contribution in [0.2, 0.25) is 0 Å². The smallest absolute Gasteiger partial charge is 0 e. The van der Waals surface area contributed by atoms with Gasteiger partial charge in [0.25, 0.3) is 0 Å². The largest absolute Gasteiger partial charge is 0.813 e. The second-order valence-electron chi connectivity index (χ2n) is 13.7. The summed E-state index contributed by atoms with van der Waals surface area (Å²) in [4.78, 5) is 9.33. The van der Waals surface area contributed by atoms with Gasteiger partial charge in [-0.3, -0.25) is 0 Å². The van der Waals surface area contributed by atoms with Gasteiger partial charge in [0.05, 0.1) is 12.2 Å². The number of hydrogen-bond acceptors (Lipinski definition) is 4. The topological polar surface area (TPSA) is 130 Å². The van der Waals surface area contributed by atoms with E-state index < -0.39 is 0 Å². The number of thiol groups is 2. The number of nitrogens with one attached hydrogen (secondary N) is 1. The maximum absolute atomic E-state index is 7.50. The number of nitrogens with zero attached hydrogens (tertiary/aromatic N) is 3. The fourth-order valence-corrected chi connectivity index (χ4v) is 9.92. The minimum absolute atomic E-state index is 0. The molecule has 1 radical (unpaired) electrons. The van der Waals surface area contributed by atoms with Gasteiger partial charge in [0.2, 0.25) is 0 Å². The summed E-state index contributed by atoms with van der Waals surface area (Å²) in [6.07, 6.45) is 15.7. The molecule has 1 fully saturated rings. The van der Waals surface area contributed by atoms with Crippen LogP contribution in [0.1, 0.15) is 135 Å². The molecule has 57 heavy (non-hydrogen) atoms. The molecule has 0 amide bonds. The van der Waals surface area contributed by atoms with Crippen molar-refractivity contribution in [2.75, 3.05) is 6.61 Å². The molecule has 0 saturated carbocycles. The molecule has 3 aromatic rings. The number of aliphatic imine (C=N–C) groups is 1.